The zero-order valence-electron chi connectivity index (χ0n) is 14.4. The van der Waals surface area contributed by atoms with Gasteiger partial charge in [0.15, 0.2) is 0 Å². The number of carbonyl (C=O) groups excluding carboxylic acids is 1. The van der Waals surface area contributed by atoms with E-state index < -0.39 is 0 Å². The van der Waals surface area contributed by atoms with E-state index in [-0.39, 0.29) is 28.1 Å². The van der Waals surface area contributed by atoms with Gasteiger partial charge in [0.2, 0.25) is 5.71 Å². The van der Waals surface area contributed by atoms with Gasteiger partial charge in [0.05, 0.1) is 11.9 Å². The lowest BCUT2D eigenvalue weighted by atomic mass is 10.0. The van der Waals surface area contributed by atoms with Gasteiger partial charge in [-0.2, -0.15) is 0 Å². The number of furan rings is 1. The molecule has 0 radical (unpaired) electrons. The first-order chi connectivity index (χ1) is 12.6. The number of hydrogen-bond donors (Lipinski definition) is 1. The normalized spacial score (nSPS) is 11.2. The molecule has 0 spiro atoms. The van der Waals surface area contributed by atoms with Gasteiger partial charge in [0.1, 0.15) is 11.1 Å². The van der Waals surface area contributed by atoms with E-state index in [1.54, 1.807) is 18.9 Å². The molecule has 4 rings (SSSR count). The molecule has 0 bridgehead atoms. The van der Waals surface area contributed by atoms with E-state index in [4.69, 9.17) is 4.42 Å². The fraction of sp³-hybridized carbons (Fsp3) is 0.150. The highest BCUT2D eigenvalue weighted by molar-refractivity contribution is 6.06. The number of benzene rings is 2. The van der Waals surface area contributed by atoms with Crippen molar-refractivity contribution in [3.05, 3.63) is 76.0 Å². The Morgan fingerprint density at radius 3 is 2.81 bits per heavy atom. The van der Waals surface area contributed by atoms with Crippen molar-refractivity contribution >= 4 is 27.8 Å². The number of H-pyrrole nitrogens is 1. The summed E-state index contributed by atoms with van der Waals surface area (Å²) >= 11 is 0. The minimum absolute atomic E-state index is 0.174. The predicted molar refractivity (Wildman–Crippen MR) is 99.1 cm³/mol. The van der Waals surface area contributed by atoms with Crippen LogP contribution in [0.25, 0.3) is 21.9 Å². The third-order valence-corrected chi connectivity index (χ3v) is 4.52. The van der Waals surface area contributed by atoms with E-state index in [1.807, 2.05) is 42.5 Å². The Bertz CT molecular complexity index is 1180. The molecule has 0 aliphatic rings. The van der Waals surface area contributed by atoms with Crippen LogP contribution < -0.4 is 5.56 Å². The van der Waals surface area contributed by atoms with Gasteiger partial charge in [-0.25, -0.2) is 4.98 Å². The average Bonchev–Trinajstić information content (AvgIpc) is 2.98. The van der Waals surface area contributed by atoms with E-state index in [9.17, 15) is 9.59 Å². The first-order valence-corrected chi connectivity index (χ1v) is 8.25. The smallest absolute Gasteiger partial charge is 0.262 e. The standard InChI is InChI=1S/C20H17N3O3/c1-12-16(17-18(24)21-11-22-19(17)26-12)20(25)23(2)10-14-8-5-7-13-6-3-4-9-15(13)14/h3-9,11H,10H2,1-2H3,(H,21,22,24). The summed E-state index contributed by atoms with van der Waals surface area (Å²) in [6, 6.07) is 14.1. The number of fused-ring (bicyclic) bond motifs is 2. The van der Waals surface area contributed by atoms with Gasteiger partial charge in [-0.15, -0.1) is 0 Å². The minimum atomic E-state index is -0.381. The van der Waals surface area contributed by atoms with Crippen LogP contribution in [0.2, 0.25) is 0 Å². The van der Waals surface area contributed by atoms with Gasteiger partial charge in [0.25, 0.3) is 11.5 Å². The predicted octanol–water partition coefficient (Wildman–Crippen LogP) is 3.25. The molecule has 0 aliphatic heterocycles. The Labute approximate surface area is 149 Å². The SMILES string of the molecule is Cc1oc2nc[nH]c(=O)c2c1C(=O)N(C)Cc1cccc2ccccc12. The first kappa shape index (κ1) is 16.1. The van der Waals surface area contributed by atoms with Gasteiger partial charge < -0.3 is 14.3 Å². The number of rotatable bonds is 3. The molecule has 130 valence electrons. The molecule has 0 atom stereocenters. The molecular weight excluding hydrogens is 330 g/mol. The van der Waals surface area contributed by atoms with Crippen LogP contribution in [-0.2, 0) is 6.54 Å². The molecule has 2 aromatic carbocycles. The molecule has 1 amide bonds. The molecule has 6 heteroatoms. The summed E-state index contributed by atoms with van der Waals surface area (Å²) < 4.78 is 5.49. The molecule has 6 nitrogen and oxygen atoms in total. The summed E-state index contributed by atoms with van der Waals surface area (Å²) in [4.78, 5) is 33.2. The van der Waals surface area contributed by atoms with E-state index >= 15 is 0 Å². The lowest BCUT2D eigenvalue weighted by Crippen LogP contribution is -2.27. The maximum absolute atomic E-state index is 13.0. The number of aromatic amines is 1. The Balaban J connectivity index is 1.73. The fourth-order valence-electron chi connectivity index (χ4n) is 3.26. The van der Waals surface area contributed by atoms with Gasteiger partial charge >= 0.3 is 0 Å². The third-order valence-electron chi connectivity index (χ3n) is 4.52. The van der Waals surface area contributed by atoms with Crippen molar-refractivity contribution in [2.75, 3.05) is 7.05 Å². The highest BCUT2D eigenvalue weighted by atomic mass is 16.3. The minimum Gasteiger partial charge on any atom is -0.442 e. The number of nitrogens with zero attached hydrogens (tertiary/aromatic N) is 2. The van der Waals surface area contributed by atoms with Crippen molar-refractivity contribution in [1.82, 2.24) is 14.9 Å². The van der Waals surface area contributed by atoms with E-state index in [0.29, 0.717) is 12.3 Å². The zero-order chi connectivity index (χ0) is 18.3. The molecule has 26 heavy (non-hydrogen) atoms. The molecule has 2 heterocycles. The van der Waals surface area contributed by atoms with E-state index in [0.717, 1.165) is 16.3 Å². The van der Waals surface area contributed by atoms with Gasteiger partial charge in [-0.3, -0.25) is 9.59 Å². The fourth-order valence-corrected chi connectivity index (χ4v) is 3.26. The topological polar surface area (TPSA) is 79.2 Å². The van der Waals surface area contributed by atoms with Crippen LogP contribution in [0.15, 0.2) is 58.0 Å². The second kappa shape index (κ2) is 6.15. The van der Waals surface area contributed by atoms with Crippen LogP contribution in [0.3, 0.4) is 0 Å². The number of aryl methyl sites for hydroxylation is 1. The average molecular weight is 347 g/mol. The quantitative estimate of drug-likeness (QED) is 0.617. The van der Waals surface area contributed by atoms with Crippen molar-refractivity contribution in [3.63, 3.8) is 0 Å². The monoisotopic (exact) mass is 347 g/mol. The highest BCUT2D eigenvalue weighted by Gasteiger charge is 2.24. The van der Waals surface area contributed by atoms with Crippen molar-refractivity contribution in [1.29, 1.82) is 0 Å². The summed E-state index contributed by atoms with van der Waals surface area (Å²) in [5.41, 5.74) is 1.09. The zero-order valence-corrected chi connectivity index (χ0v) is 14.4. The van der Waals surface area contributed by atoms with Crippen LogP contribution in [0.5, 0.6) is 0 Å². The summed E-state index contributed by atoms with van der Waals surface area (Å²) in [6.45, 7) is 2.09. The van der Waals surface area contributed by atoms with Gasteiger partial charge in [-0.1, -0.05) is 42.5 Å². The van der Waals surface area contributed by atoms with E-state index in [1.165, 1.54) is 6.33 Å². The highest BCUT2D eigenvalue weighted by Crippen LogP contribution is 2.24. The molecule has 0 unspecified atom stereocenters. The Hall–Kier alpha value is -3.41. The van der Waals surface area contributed by atoms with Crippen LogP contribution in [0.1, 0.15) is 21.7 Å². The molecule has 0 fully saturated rings. The molecule has 4 aromatic rings. The summed E-state index contributed by atoms with van der Waals surface area (Å²) in [7, 11) is 1.72. The first-order valence-electron chi connectivity index (χ1n) is 8.25. The lowest BCUT2D eigenvalue weighted by Gasteiger charge is -2.18. The molecule has 0 saturated carbocycles. The number of aromatic nitrogens is 2. The van der Waals surface area contributed by atoms with Crippen molar-refractivity contribution < 1.29 is 9.21 Å². The summed E-state index contributed by atoms with van der Waals surface area (Å²) in [5.74, 6) is 0.117. The lowest BCUT2D eigenvalue weighted by molar-refractivity contribution is 0.0785. The van der Waals surface area contributed by atoms with Crippen molar-refractivity contribution in [2.24, 2.45) is 0 Å². The van der Waals surface area contributed by atoms with E-state index in [2.05, 4.69) is 9.97 Å². The van der Waals surface area contributed by atoms with Gasteiger partial charge in [-0.05, 0) is 23.3 Å². The maximum Gasteiger partial charge on any atom is 0.262 e. The second-order valence-corrected chi connectivity index (χ2v) is 6.24. The number of amides is 1. The van der Waals surface area contributed by atoms with Gasteiger partial charge in [0, 0.05) is 13.6 Å². The molecular formula is C20H17N3O3. The van der Waals surface area contributed by atoms with Crippen LogP contribution in [0.4, 0.5) is 0 Å². The van der Waals surface area contributed by atoms with Crippen LogP contribution in [0, 0.1) is 6.92 Å². The number of hydrogen-bond acceptors (Lipinski definition) is 4. The molecule has 2 aromatic heterocycles. The largest absolute Gasteiger partial charge is 0.442 e. The summed E-state index contributed by atoms with van der Waals surface area (Å²) in [5, 5.41) is 2.42. The number of carbonyl (C=O) groups is 1. The summed E-state index contributed by atoms with van der Waals surface area (Å²) in [6.07, 6.45) is 1.27. The third kappa shape index (κ3) is 2.56. The Kier molecular flexibility index (Phi) is 3.80. The van der Waals surface area contributed by atoms with Crippen molar-refractivity contribution in [3.8, 4) is 0 Å². The second-order valence-electron chi connectivity index (χ2n) is 6.24. The maximum atomic E-state index is 13.0. The molecule has 0 aliphatic carbocycles. The van der Waals surface area contributed by atoms with Crippen molar-refractivity contribution in [2.45, 2.75) is 13.5 Å². The molecule has 0 saturated heterocycles. The Morgan fingerprint density at radius 2 is 1.96 bits per heavy atom. The van der Waals surface area contributed by atoms with Crippen LogP contribution in [-0.4, -0.2) is 27.8 Å². The number of nitrogens with one attached hydrogen (secondary N) is 1. The molecule has 1 N–H and O–H groups in total. The Morgan fingerprint density at radius 1 is 1.19 bits per heavy atom. The van der Waals surface area contributed by atoms with Crippen LogP contribution >= 0.6 is 0 Å².